The van der Waals surface area contributed by atoms with Crippen LogP contribution in [0, 0.1) is 0 Å². The maximum absolute atomic E-state index is 10.3. The van der Waals surface area contributed by atoms with Crippen molar-refractivity contribution < 1.29 is 5.11 Å². The van der Waals surface area contributed by atoms with Crippen molar-refractivity contribution in [3.8, 4) is 17.0 Å². The lowest BCUT2D eigenvalue weighted by Gasteiger charge is -2.04. The summed E-state index contributed by atoms with van der Waals surface area (Å²) in [6, 6.07) is 25.5. The molecule has 0 aliphatic rings. The summed E-state index contributed by atoms with van der Waals surface area (Å²) in [5.41, 5.74) is 4.19. The predicted octanol–water partition coefficient (Wildman–Crippen LogP) is 5.61. The monoisotopic (exact) mass is 363 g/mol. The molecule has 4 heteroatoms. The smallest absolute Gasteiger partial charge is 0.163 e. The number of fused-ring (bicyclic) bond motifs is 2. The van der Waals surface area contributed by atoms with Crippen molar-refractivity contribution in [2.45, 2.75) is 0 Å². The molecule has 0 saturated carbocycles. The van der Waals surface area contributed by atoms with E-state index < -0.39 is 0 Å². The van der Waals surface area contributed by atoms with Crippen LogP contribution in [0.1, 0.15) is 5.56 Å². The second kappa shape index (κ2) is 6.67. The Bertz CT molecular complexity index is 1320. The standard InChI is InChI=1S/C24H17N3O/c28-23-13-12-17-7-4-5-10-19(17)20(23)15-25-21-11-6-14-27-16-22(26-24(21)27)18-8-2-1-3-9-18/h1-16,28H. The van der Waals surface area contributed by atoms with E-state index in [2.05, 4.69) is 4.99 Å². The predicted molar refractivity (Wildman–Crippen MR) is 113 cm³/mol. The quantitative estimate of drug-likeness (QED) is 0.424. The number of phenolic OH excluding ortho intramolecular Hbond substituents is 1. The summed E-state index contributed by atoms with van der Waals surface area (Å²) < 4.78 is 1.97. The number of nitrogens with zero attached hydrogens (tertiary/aromatic N) is 3. The van der Waals surface area contributed by atoms with Gasteiger partial charge in [0.15, 0.2) is 5.65 Å². The fourth-order valence-corrected chi connectivity index (χ4v) is 3.40. The second-order valence-electron chi connectivity index (χ2n) is 6.59. The number of pyridine rings is 1. The molecule has 2 heterocycles. The van der Waals surface area contributed by atoms with Gasteiger partial charge in [0.2, 0.25) is 0 Å². The van der Waals surface area contributed by atoms with Crippen LogP contribution in [0.3, 0.4) is 0 Å². The Balaban J connectivity index is 1.61. The fourth-order valence-electron chi connectivity index (χ4n) is 3.40. The largest absolute Gasteiger partial charge is 0.507 e. The molecule has 0 atom stereocenters. The maximum atomic E-state index is 10.3. The zero-order valence-electron chi connectivity index (χ0n) is 15.0. The van der Waals surface area contributed by atoms with Crippen LogP contribution in [0.25, 0.3) is 27.7 Å². The number of phenols is 1. The molecule has 0 radical (unpaired) electrons. The van der Waals surface area contributed by atoms with Crippen LogP contribution >= 0.6 is 0 Å². The Morgan fingerprint density at radius 1 is 0.857 bits per heavy atom. The number of aromatic nitrogens is 2. The van der Waals surface area contributed by atoms with Crippen LogP contribution in [0.4, 0.5) is 5.69 Å². The number of aromatic hydroxyl groups is 1. The van der Waals surface area contributed by atoms with Gasteiger partial charge >= 0.3 is 0 Å². The molecule has 0 aliphatic heterocycles. The summed E-state index contributed by atoms with van der Waals surface area (Å²) >= 11 is 0. The summed E-state index contributed by atoms with van der Waals surface area (Å²) in [6.07, 6.45) is 5.67. The highest BCUT2D eigenvalue weighted by Gasteiger charge is 2.08. The molecule has 134 valence electrons. The van der Waals surface area contributed by atoms with Crippen molar-refractivity contribution >= 4 is 28.3 Å². The van der Waals surface area contributed by atoms with Crippen LogP contribution in [0.2, 0.25) is 0 Å². The van der Waals surface area contributed by atoms with Crippen molar-refractivity contribution in [1.82, 2.24) is 9.38 Å². The molecule has 0 fully saturated rings. The van der Waals surface area contributed by atoms with Crippen LogP contribution in [-0.4, -0.2) is 20.7 Å². The third kappa shape index (κ3) is 2.81. The third-order valence-corrected chi connectivity index (χ3v) is 4.81. The molecule has 5 rings (SSSR count). The number of benzene rings is 3. The van der Waals surface area contributed by atoms with Gasteiger partial charge in [0.1, 0.15) is 11.4 Å². The first-order valence-electron chi connectivity index (χ1n) is 9.07. The van der Waals surface area contributed by atoms with Crippen molar-refractivity contribution in [2.24, 2.45) is 4.99 Å². The second-order valence-corrected chi connectivity index (χ2v) is 6.59. The average molecular weight is 363 g/mol. The molecule has 0 spiro atoms. The number of hydrogen-bond acceptors (Lipinski definition) is 3. The molecule has 2 aromatic heterocycles. The Labute approximate surface area is 162 Å². The van der Waals surface area contributed by atoms with E-state index in [1.807, 2.05) is 89.6 Å². The zero-order valence-corrected chi connectivity index (χ0v) is 15.0. The molecule has 5 aromatic rings. The van der Waals surface area contributed by atoms with Gasteiger partial charge in [-0.15, -0.1) is 0 Å². The van der Waals surface area contributed by atoms with Gasteiger partial charge in [-0.1, -0.05) is 60.7 Å². The van der Waals surface area contributed by atoms with Gasteiger partial charge in [0.25, 0.3) is 0 Å². The van der Waals surface area contributed by atoms with Gasteiger partial charge in [-0.3, -0.25) is 4.99 Å². The first kappa shape index (κ1) is 16.3. The van der Waals surface area contributed by atoms with Crippen LogP contribution in [-0.2, 0) is 0 Å². The van der Waals surface area contributed by atoms with Gasteiger partial charge in [-0.05, 0) is 29.0 Å². The number of aliphatic imine (C=N–C) groups is 1. The molecule has 4 nitrogen and oxygen atoms in total. The van der Waals surface area contributed by atoms with Gasteiger partial charge in [-0.25, -0.2) is 4.98 Å². The summed E-state index contributed by atoms with van der Waals surface area (Å²) in [6.45, 7) is 0. The maximum Gasteiger partial charge on any atom is 0.163 e. The Kier molecular flexibility index (Phi) is 3.87. The van der Waals surface area contributed by atoms with Crippen molar-refractivity contribution in [2.75, 3.05) is 0 Å². The molecule has 0 bridgehead atoms. The molecule has 0 amide bonds. The molecule has 0 aliphatic carbocycles. The SMILES string of the molecule is Oc1ccc2ccccc2c1C=Nc1cccn2cc(-c3ccccc3)nc12. The lowest BCUT2D eigenvalue weighted by Crippen LogP contribution is -1.87. The highest BCUT2D eigenvalue weighted by atomic mass is 16.3. The van der Waals surface area contributed by atoms with Gasteiger partial charge < -0.3 is 9.51 Å². The lowest BCUT2D eigenvalue weighted by atomic mass is 10.0. The van der Waals surface area contributed by atoms with Crippen molar-refractivity contribution in [3.63, 3.8) is 0 Å². The van der Waals surface area contributed by atoms with Crippen molar-refractivity contribution in [3.05, 3.63) is 96.8 Å². The highest BCUT2D eigenvalue weighted by molar-refractivity contribution is 6.03. The molecule has 0 saturated heterocycles. The third-order valence-electron chi connectivity index (χ3n) is 4.81. The Morgan fingerprint density at radius 2 is 1.68 bits per heavy atom. The van der Waals surface area contributed by atoms with Gasteiger partial charge in [0.05, 0.1) is 5.69 Å². The topological polar surface area (TPSA) is 49.9 Å². The summed E-state index contributed by atoms with van der Waals surface area (Å²) in [5.74, 6) is 0.211. The normalized spacial score (nSPS) is 11.6. The van der Waals surface area contributed by atoms with E-state index in [0.29, 0.717) is 5.56 Å². The molecule has 0 unspecified atom stereocenters. The Morgan fingerprint density at radius 3 is 2.57 bits per heavy atom. The highest BCUT2D eigenvalue weighted by Crippen LogP contribution is 2.28. The van der Waals surface area contributed by atoms with Crippen LogP contribution in [0.15, 0.2) is 96.2 Å². The van der Waals surface area contributed by atoms with Gasteiger partial charge in [-0.2, -0.15) is 0 Å². The van der Waals surface area contributed by atoms with E-state index in [9.17, 15) is 5.11 Å². The van der Waals surface area contributed by atoms with E-state index >= 15 is 0 Å². The van der Waals surface area contributed by atoms with E-state index in [1.54, 1.807) is 12.3 Å². The summed E-state index contributed by atoms with van der Waals surface area (Å²) in [7, 11) is 0. The van der Waals surface area contributed by atoms with Crippen LogP contribution in [0.5, 0.6) is 5.75 Å². The fraction of sp³-hybridized carbons (Fsp3) is 0. The first-order valence-corrected chi connectivity index (χ1v) is 9.07. The van der Waals surface area contributed by atoms with E-state index in [4.69, 9.17) is 4.98 Å². The summed E-state index contributed by atoms with van der Waals surface area (Å²) in [5, 5.41) is 12.4. The molecule has 1 N–H and O–H groups in total. The average Bonchev–Trinajstić information content (AvgIpc) is 3.19. The van der Waals surface area contributed by atoms with Crippen molar-refractivity contribution in [1.29, 1.82) is 0 Å². The minimum atomic E-state index is 0.211. The lowest BCUT2D eigenvalue weighted by molar-refractivity contribution is 0.475. The molecule has 28 heavy (non-hydrogen) atoms. The number of hydrogen-bond donors (Lipinski definition) is 1. The number of imidazole rings is 1. The molecule has 3 aromatic carbocycles. The van der Waals surface area contributed by atoms with E-state index in [0.717, 1.165) is 33.4 Å². The van der Waals surface area contributed by atoms with E-state index in [-0.39, 0.29) is 5.75 Å². The number of rotatable bonds is 3. The molecular formula is C24H17N3O. The minimum Gasteiger partial charge on any atom is -0.507 e. The van der Waals surface area contributed by atoms with Crippen LogP contribution < -0.4 is 0 Å². The summed E-state index contributed by atoms with van der Waals surface area (Å²) in [4.78, 5) is 9.42. The van der Waals surface area contributed by atoms with Gasteiger partial charge in [0, 0.05) is 29.7 Å². The first-order chi connectivity index (χ1) is 13.8. The Hall–Kier alpha value is -3.92. The zero-order chi connectivity index (χ0) is 18.9. The molecular weight excluding hydrogens is 346 g/mol. The minimum absolute atomic E-state index is 0.211. The van der Waals surface area contributed by atoms with E-state index in [1.165, 1.54) is 0 Å².